The van der Waals surface area contributed by atoms with Crippen LogP contribution in [0.15, 0.2) is 23.1 Å². The number of rotatable bonds is 7. The van der Waals surface area contributed by atoms with Gasteiger partial charge in [0.1, 0.15) is 0 Å². The van der Waals surface area contributed by atoms with Crippen molar-refractivity contribution >= 4 is 29.3 Å². The van der Waals surface area contributed by atoms with Gasteiger partial charge in [-0.2, -0.15) is 0 Å². The number of unbranched alkanes of at least 4 members (excludes halogenated alkanes) is 2. The van der Waals surface area contributed by atoms with E-state index in [2.05, 4.69) is 19.2 Å². The van der Waals surface area contributed by atoms with Crippen LogP contribution in [-0.4, -0.2) is 35.1 Å². The molecular weight excluding hydrogens is 308 g/mol. The fraction of sp³-hybridized carbons (Fsp3) is 0.556. The minimum atomic E-state index is -0.0883. The van der Waals surface area contributed by atoms with Gasteiger partial charge >= 0.3 is 0 Å². The minimum Gasteiger partial charge on any atom is -0.339 e. The zero-order valence-corrected chi connectivity index (χ0v) is 15.0. The van der Waals surface area contributed by atoms with E-state index in [0.717, 1.165) is 49.4 Å². The maximum absolute atomic E-state index is 12.8. The van der Waals surface area contributed by atoms with E-state index >= 15 is 0 Å². The fourth-order valence-electron chi connectivity index (χ4n) is 2.54. The normalized spacial score (nSPS) is 16.7. The van der Waals surface area contributed by atoms with Crippen molar-refractivity contribution in [3.63, 3.8) is 0 Å². The highest BCUT2D eigenvalue weighted by atomic mass is 32.2. The molecule has 1 aromatic rings. The molecule has 1 aliphatic heterocycles. The lowest BCUT2D eigenvalue weighted by atomic mass is 10.1. The predicted octanol–water partition coefficient (Wildman–Crippen LogP) is 4.16. The third-order valence-electron chi connectivity index (χ3n) is 4.01. The summed E-state index contributed by atoms with van der Waals surface area (Å²) in [6.07, 6.45) is 4.18. The molecule has 0 bridgehead atoms. The van der Waals surface area contributed by atoms with Crippen LogP contribution in [-0.2, 0) is 4.79 Å². The molecule has 0 aliphatic carbocycles. The molecular formula is C18H26N2O2S. The maximum atomic E-state index is 12.8. The second kappa shape index (κ2) is 8.39. The highest BCUT2D eigenvalue weighted by Gasteiger charge is 2.24. The standard InChI is InChI=1S/C18H26N2O2S/c1-4-6-10-20(11-7-5-2)18(22)14-8-9-16-15(12-14)19-17(21)13(3)23-16/h8-9,12-13H,4-7,10-11H2,1-3H3,(H,19,21). The van der Waals surface area contributed by atoms with Gasteiger partial charge in [0.05, 0.1) is 10.9 Å². The quantitative estimate of drug-likeness (QED) is 0.814. The van der Waals surface area contributed by atoms with Crippen LogP contribution in [0.3, 0.4) is 0 Å². The van der Waals surface area contributed by atoms with Gasteiger partial charge in [0, 0.05) is 23.5 Å². The summed E-state index contributed by atoms with van der Waals surface area (Å²) in [4.78, 5) is 27.6. The number of amides is 2. The average molecular weight is 334 g/mol. The molecule has 0 fully saturated rings. The number of carbonyl (C=O) groups excluding carboxylic acids is 2. The SMILES string of the molecule is CCCCN(CCCC)C(=O)c1ccc2c(c1)NC(=O)C(C)S2. The summed E-state index contributed by atoms with van der Waals surface area (Å²) in [7, 11) is 0. The van der Waals surface area contributed by atoms with E-state index in [1.165, 1.54) is 11.8 Å². The van der Waals surface area contributed by atoms with E-state index in [1.807, 2.05) is 30.0 Å². The van der Waals surface area contributed by atoms with Crippen molar-refractivity contribution in [2.75, 3.05) is 18.4 Å². The molecule has 1 unspecified atom stereocenters. The number of hydrogen-bond donors (Lipinski definition) is 1. The summed E-state index contributed by atoms with van der Waals surface area (Å²) < 4.78 is 0. The van der Waals surface area contributed by atoms with Crippen LogP contribution < -0.4 is 5.32 Å². The summed E-state index contributed by atoms with van der Waals surface area (Å²) >= 11 is 1.54. The molecule has 23 heavy (non-hydrogen) atoms. The number of carbonyl (C=O) groups is 2. The lowest BCUT2D eigenvalue weighted by molar-refractivity contribution is -0.115. The third-order valence-corrected chi connectivity index (χ3v) is 5.19. The smallest absolute Gasteiger partial charge is 0.253 e. The fourth-order valence-corrected chi connectivity index (χ4v) is 3.47. The predicted molar refractivity (Wildman–Crippen MR) is 96.1 cm³/mol. The van der Waals surface area contributed by atoms with E-state index < -0.39 is 0 Å². The van der Waals surface area contributed by atoms with Gasteiger partial charge in [-0.1, -0.05) is 26.7 Å². The molecule has 1 atom stereocenters. The number of benzene rings is 1. The molecule has 4 nitrogen and oxygen atoms in total. The zero-order chi connectivity index (χ0) is 16.8. The van der Waals surface area contributed by atoms with E-state index in [4.69, 9.17) is 0 Å². The molecule has 1 N–H and O–H groups in total. The van der Waals surface area contributed by atoms with Crippen LogP contribution in [0.1, 0.15) is 56.8 Å². The van der Waals surface area contributed by atoms with Crippen LogP contribution in [0.5, 0.6) is 0 Å². The van der Waals surface area contributed by atoms with Gasteiger partial charge in [-0.3, -0.25) is 9.59 Å². The Bertz CT molecular complexity index is 566. The Morgan fingerprint density at radius 2 is 1.87 bits per heavy atom. The van der Waals surface area contributed by atoms with E-state index in [9.17, 15) is 9.59 Å². The Hall–Kier alpha value is -1.49. The van der Waals surface area contributed by atoms with Crippen LogP contribution in [0.2, 0.25) is 0 Å². The number of nitrogens with zero attached hydrogens (tertiary/aromatic N) is 1. The first kappa shape index (κ1) is 17.9. The van der Waals surface area contributed by atoms with Crippen molar-refractivity contribution in [1.29, 1.82) is 0 Å². The Labute approximate surface area is 143 Å². The van der Waals surface area contributed by atoms with Gasteiger partial charge in [0.15, 0.2) is 0 Å². The average Bonchev–Trinajstić information content (AvgIpc) is 2.55. The van der Waals surface area contributed by atoms with Gasteiger partial charge in [-0.05, 0) is 38.0 Å². The highest BCUT2D eigenvalue weighted by Crippen LogP contribution is 2.36. The Kier molecular flexibility index (Phi) is 6.51. The van der Waals surface area contributed by atoms with Crippen molar-refractivity contribution < 1.29 is 9.59 Å². The monoisotopic (exact) mass is 334 g/mol. The molecule has 2 amide bonds. The lowest BCUT2D eigenvalue weighted by Crippen LogP contribution is -2.33. The topological polar surface area (TPSA) is 49.4 Å². The van der Waals surface area contributed by atoms with Crippen molar-refractivity contribution in [2.45, 2.75) is 56.6 Å². The number of thioether (sulfide) groups is 1. The lowest BCUT2D eigenvalue weighted by Gasteiger charge is -2.25. The van der Waals surface area contributed by atoms with Gasteiger partial charge in [-0.25, -0.2) is 0 Å². The molecule has 126 valence electrons. The molecule has 0 spiro atoms. The largest absolute Gasteiger partial charge is 0.339 e. The molecule has 2 rings (SSSR count). The summed E-state index contributed by atoms with van der Waals surface area (Å²) in [6, 6.07) is 5.64. The maximum Gasteiger partial charge on any atom is 0.253 e. The second-order valence-corrected chi connectivity index (χ2v) is 7.34. The summed E-state index contributed by atoms with van der Waals surface area (Å²) in [5.74, 6) is 0.0634. The van der Waals surface area contributed by atoms with E-state index in [-0.39, 0.29) is 17.1 Å². The number of hydrogen-bond acceptors (Lipinski definition) is 3. The van der Waals surface area contributed by atoms with Gasteiger partial charge in [0.25, 0.3) is 5.91 Å². The first-order valence-electron chi connectivity index (χ1n) is 8.47. The Morgan fingerprint density at radius 1 is 1.22 bits per heavy atom. The Balaban J connectivity index is 2.17. The van der Waals surface area contributed by atoms with Crippen molar-refractivity contribution in [3.05, 3.63) is 23.8 Å². The van der Waals surface area contributed by atoms with Crippen molar-refractivity contribution in [1.82, 2.24) is 4.90 Å². The number of anilines is 1. The third kappa shape index (κ3) is 4.50. The van der Waals surface area contributed by atoms with Crippen LogP contribution in [0.25, 0.3) is 0 Å². The molecule has 5 heteroatoms. The van der Waals surface area contributed by atoms with Crippen LogP contribution >= 0.6 is 11.8 Å². The molecule has 0 saturated carbocycles. The zero-order valence-electron chi connectivity index (χ0n) is 14.2. The second-order valence-electron chi connectivity index (χ2n) is 5.96. The van der Waals surface area contributed by atoms with Crippen LogP contribution in [0.4, 0.5) is 5.69 Å². The molecule has 1 aromatic carbocycles. The molecule has 0 saturated heterocycles. The van der Waals surface area contributed by atoms with Gasteiger partial charge in [0.2, 0.25) is 5.91 Å². The highest BCUT2D eigenvalue weighted by molar-refractivity contribution is 8.00. The molecule has 0 radical (unpaired) electrons. The minimum absolute atomic E-state index is 0.000853. The molecule has 1 heterocycles. The van der Waals surface area contributed by atoms with Crippen LogP contribution in [0, 0.1) is 0 Å². The van der Waals surface area contributed by atoms with E-state index in [1.54, 1.807) is 0 Å². The number of nitrogens with one attached hydrogen (secondary N) is 1. The molecule has 0 aromatic heterocycles. The van der Waals surface area contributed by atoms with Gasteiger partial charge < -0.3 is 10.2 Å². The van der Waals surface area contributed by atoms with E-state index in [0.29, 0.717) is 5.56 Å². The first-order valence-corrected chi connectivity index (χ1v) is 9.35. The molecule has 1 aliphatic rings. The Morgan fingerprint density at radius 3 is 2.48 bits per heavy atom. The van der Waals surface area contributed by atoms with Gasteiger partial charge in [-0.15, -0.1) is 11.8 Å². The van der Waals surface area contributed by atoms with Crippen molar-refractivity contribution in [2.24, 2.45) is 0 Å². The number of fused-ring (bicyclic) bond motifs is 1. The van der Waals surface area contributed by atoms with Crippen molar-refractivity contribution in [3.8, 4) is 0 Å². The first-order chi connectivity index (χ1) is 11.1. The summed E-state index contributed by atoms with van der Waals surface area (Å²) in [5.41, 5.74) is 1.42. The summed E-state index contributed by atoms with van der Waals surface area (Å²) in [5, 5.41) is 2.81. The summed E-state index contributed by atoms with van der Waals surface area (Å²) in [6.45, 7) is 7.75.